The van der Waals surface area contributed by atoms with Crippen molar-refractivity contribution >= 4 is 32.6 Å². The first-order valence-corrected chi connectivity index (χ1v) is 21.5. The molecular weight excluding hydrogens is 725 g/mol. The van der Waals surface area contributed by atoms with Crippen molar-refractivity contribution in [1.29, 1.82) is 0 Å². The molecule has 3 aromatic heterocycles. The first-order valence-electron chi connectivity index (χ1n) is 21.5. The highest BCUT2D eigenvalue weighted by atomic mass is 16.5. The maximum atomic E-state index is 7.30. The highest BCUT2D eigenvalue weighted by molar-refractivity contribution is 5.91. The minimum Gasteiger partial charge on any atom is -0.497 e. The number of ether oxygens (including phenoxy) is 4. The van der Waals surface area contributed by atoms with Crippen molar-refractivity contribution in [3.8, 4) is 23.3 Å². The molecule has 12 rings (SSSR count). The summed E-state index contributed by atoms with van der Waals surface area (Å²) in [7, 11) is 3.42. The van der Waals surface area contributed by atoms with E-state index in [-0.39, 0.29) is 24.3 Å². The number of nitrogens with zero attached hydrogens (tertiary/aromatic N) is 6. The first-order chi connectivity index (χ1) is 28.5. The van der Waals surface area contributed by atoms with Crippen LogP contribution in [0.25, 0.3) is 32.6 Å². The lowest BCUT2D eigenvalue weighted by Gasteiger charge is -2.52. The Morgan fingerprint density at radius 2 is 1.07 bits per heavy atom. The van der Waals surface area contributed by atoms with Gasteiger partial charge in [0.15, 0.2) is 0 Å². The Balaban J connectivity index is 1.06. The van der Waals surface area contributed by atoms with Crippen molar-refractivity contribution in [2.75, 3.05) is 40.4 Å². The highest BCUT2D eigenvalue weighted by Gasteiger charge is 2.46. The Bertz CT molecular complexity index is 2280. The van der Waals surface area contributed by atoms with Gasteiger partial charge in [-0.1, -0.05) is 38.8 Å². The molecule has 10 heteroatoms. The SMILES string of the molecule is CC[C@@H]1CN2CC[C@@H]1C[C@H]2[C@@H](Oc1nnc(O[C@@H](c2ccnc3ccc(OC)cc23)[C@H]2C[C@@H]3CCN2C[C@@H]3CC)c2ccccc12)c1ccnc2ccc(OC)cc12. The molecule has 0 saturated carbocycles. The largest absolute Gasteiger partial charge is 0.497 e. The van der Waals surface area contributed by atoms with E-state index >= 15 is 0 Å². The second kappa shape index (κ2) is 15.6. The van der Waals surface area contributed by atoms with E-state index in [9.17, 15) is 0 Å². The Morgan fingerprint density at radius 1 is 0.603 bits per heavy atom. The van der Waals surface area contributed by atoms with E-state index in [2.05, 4.69) is 72.2 Å². The summed E-state index contributed by atoms with van der Waals surface area (Å²) in [5, 5.41) is 13.7. The summed E-state index contributed by atoms with van der Waals surface area (Å²) < 4.78 is 26.0. The van der Waals surface area contributed by atoms with Crippen LogP contribution in [-0.2, 0) is 0 Å². The van der Waals surface area contributed by atoms with Crippen LogP contribution in [0.4, 0.5) is 0 Å². The lowest BCUT2D eigenvalue weighted by molar-refractivity contribution is -0.0505. The maximum Gasteiger partial charge on any atom is 0.242 e. The lowest BCUT2D eigenvalue weighted by atomic mass is 9.72. The Kier molecular flexibility index (Phi) is 10.0. The molecular formula is C48H54N6O4. The fourth-order valence-corrected chi connectivity index (χ4v) is 11.1. The van der Waals surface area contributed by atoms with Gasteiger partial charge in [0.1, 0.15) is 23.7 Å². The van der Waals surface area contributed by atoms with Gasteiger partial charge in [0.2, 0.25) is 11.8 Å². The first kappa shape index (κ1) is 37.2. The van der Waals surface area contributed by atoms with Crippen molar-refractivity contribution < 1.29 is 18.9 Å². The molecule has 0 aliphatic carbocycles. The molecule has 300 valence electrons. The molecule has 10 nitrogen and oxygen atoms in total. The van der Waals surface area contributed by atoms with E-state index in [0.717, 1.165) is 94.2 Å². The Labute approximate surface area is 340 Å². The zero-order valence-corrected chi connectivity index (χ0v) is 34.1. The number of piperidine rings is 6. The van der Waals surface area contributed by atoms with Gasteiger partial charge in [0.05, 0.1) is 48.1 Å². The lowest BCUT2D eigenvalue weighted by Crippen LogP contribution is -2.56. The fourth-order valence-electron chi connectivity index (χ4n) is 11.1. The molecule has 0 N–H and O–H groups in total. The van der Waals surface area contributed by atoms with Crippen LogP contribution in [0, 0.1) is 23.7 Å². The van der Waals surface area contributed by atoms with Crippen LogP contribution in [0.1, 0.15) is 75.7 Å². The van der Waals surface area contributed by atoms with Crippen LogP contribution in [-0.4, -0.2) is 82.4 Å². The van der Waals surface area contributed by atoms with E-state index < -0.39 is 0 Å². The van der Waals surface area contributed by atoms with Crippen LogP contribution in [0.2, 0.25) is 0 Å². The van der Waals surface area contributed by atoms with E-state index in [4.69, 9.17) is 39.1 Å². The van der Waals surface area contributed by atoms with Crippen molar-refractivity contribution in [3.05, 3.63) is 96.3 Å². The van der Waals surface area contributed by atoms with Gasteiger partial charge in [-0.2, -0.15) is 0 Å². The third-order valence-corrected chi connectivity index (χ3v) is 14.3. The summed E-state index contributed by atoms with van der Waals surface area (Å²) in [5.41, 5.74) is 4.01. The van der Waals surface area contributed by atoms with E-state index in [1.54, 1.807) is 14.2 Å². The molecule has 0 amide bonds. The second-order valence-corrected chi connectivity index (χ2v) is 17.0. The quantitative estimate of drug-likeness (QED) is 0.120. The van der Waals surface area contributed by atoms with Gasteiger partial charge in [-0.3, -0.25) is 19.8 Å². The van der Waals surface area contributed by atoms with Crippen molar-refractivity contribution in [3.63, 3.8) is 0 Å². The average Bonchev–Trinajstić information content (AvgIpc) is 3.29. The van der Waals surface area contributed by atoms with Gasteiger partial charge < -0.3 is 18.9 Å². The summed E-state index contributed by atoms with van der Waals surface area (Å²) in [6, 6.07) is 25.1. The number of aromatic nitrogens is 4. The van der Waals surface area contributed by atoms with Crippen LogP contribution >= 0.6 is 0 Å². The highest BCUT2D eigenvalue weighted by Crippen LogP contribution is 2.47. The predicted molar refractivity (Wildman–Crippen MR) is 227 cm³/mol. The summed E-state index contributed by atoms with van der Waals surface area (Å²) in [6.45, 7) is 9.00. The molecule has 58 heavy (non-hydrogen) atoms. The zero-order chi connectivity index (χ0) is 39.3. The Morgan fingerprint density at radius 3 is 1.47 bits per heavy atom. The van der Waals surface area contributed by atoms with Crippen LogP contribution in [0.5, 0.6) is 23.3 Å². The van der Waals surface area contributed by atoms with Gasteiger partial charge in [-0.15, -0.1) is 10.2 Å². The summed E-state index contributed by atoms with van der Waals surface area (Å²) >= 11 is 0. The van der Waals surface area contributed by atoms with Crippen molar-refractivity contribution in [1.82, 2.24) is 30.0 Å². The van der Waals surface area contributed by atoms with Crippen LogP contribution in [0.3, 0.4) is 0 Å². The van der Waals surface area contributed by atoms with Gasteiger partial charge >= 0.3 is 0 Å². The molecule has 2 unspecified atom stereocenters. The normalized spacial score (nSPS) is 27.4. The van der Waals surface area contributed by atoms with Gasteiger partial charge in [-0.25, -0.2) is 0 Å². The molecule has 6 aromatic rings. The molecule has 6 aliphatic heterocycles. The molecule has 0 spiro atoms. The van der Waals surface area contributed by atoms with E-state index in [1.165, 1.54) is 25.7 Å². The minimum atomic E-state index is -0.300. The number of hydrogen-bond donors (Lipinski definition) is 0. The minimum absolute atomic E-state index is 0.180. The maximum absolute atomic E-state index is 7.30. The number of benzene rings is 3. The molecule has 6 saturated heterocycles. The topological polar surface area (TPSA) is 95.0 Å². The molecule has 4 bridgehead atoms. The molecule has 6 fully saturated rings. The third-order valence-electron chi connectivity index (χ3n) is 14.3. The molecule has 10 atom stereocenters. The molecule has 9 heterocycles. The second-order valence-electron chi connectivity index (χ2n) is 17.0. The number of pyridine rings is 2. The average molecular weight is 779 g/mol. The number of methoxy groups -OCH3 is 2. The fraction of sp³-hybridized carbons (Fsp3) is 0.458. The summed E-state index contributed by atoms with van der Waals surface area (Å²) in [4.78, 5) is 14.8. The third kappa shape index (κ3) is 6.58. The van der Waals surface area contributed by atoms with Crippen LogP contribution in [0.15, 0.2) is 85.2 Å². The van der Waals surface area contributed by atoms with Gasteiger partial charge in [0, 0.05) is 47.4 Å². The standard InChI is InChI=1S/C48H54N6O4/c1-5-29-27-53-21-17-31(29)23-43(53)45(35-15-19-49-41-13-11-33(55-3)25-39(35)41)57-47-37-9-7-8-10-38(37)48(52-51-47)58-46(44-24-32-18-22-54(44)28-30(32)6-2)36-16-20-50-42-14-12-34(56-4)26-40(36)42/h7-16,19-20,25-26,29-32,43-46H,5-6,17-18,21-24,27-28H2,1-4H3/t29-,30+,31-,32+,43+,44-,45-,46-/m0/s1. The number of rotatable bonds is 12. The molecule has 0 radical (unpaired) electrons. The predicted octanol–water partition coefficient (Wildman–Crippen LogP) is 9.22. The van der Waals surface area contributed by atoms with Crippen LogP contribution < -0.4 is 18.9 Å². The van der Waals surface area contributed by atoms with E-state index in [1.807, 2.05) is 36.7 Å². The molecule has 6 aliphatic rings. The Hall–Kier alpha value is -5.06. The van der Waals surface area contributed by atoms with Gasteiger partial charge in [0.25, 0.3) is 0 Å². The zero-order valence-electron chi connectivity index (χ0n) is 34.1. The number of hydrogen-bond acceptors (Lipinski definition) is 10. The van der Waals surface area contributed by atoms with E-state index in [0.29, 0.717) is 35.4 Å². The van der Waals surface area contributed by atoms with Gasteiger partial charge in [-0.05, 0) is 123 Å². The molecule has 3 aromatic carbocycles. The summed E-state index contributed by atoms with van der Waals surface area (Å²) in [5.74, 6) is 5.39. The number of fused-ring (bicyclic) bond motifs is 9. The smallest absolute Gasteiger partial charge is 0.242 e. The van der Waals surface area contributed by atoms with Crippen molar-refractivity contribution in [2.24, 2.45) is 23.7 Å². The van der Waals surface area contributed by atoms with Crippen molar-refractivity contribution in [2.45, 2.75) is 76.7 Å². The summed E-state index contributed by atoms with van der Waals surface area (Å²) in [6.07, 6.45) is 10.2. The monoisotopic (exact) mass is 778 g/mol.